The van der Waals surface area contributed by atoms with Gasteiger partial charge in [-0.3, -0.25) is 9.55 Å². The van der Waals surface area contributed by atoms with Gasteiger partial charge in [-0.15, -0.1) is 0 Å². The summed E-state index contributed by atoms with van der Waals surface area (Å²) in [5, 5.41) is 7.30. The fourth-order valence-electron chi connectivity index (χ4n) is 10.8. The molecule has 4 nitrogen and oxygen atoms in total. The van der Waals surface area contributed by atoms with Gasteiger partial charge in [0.2, 0.25) is 0 Å². The Balaban J connectivity index is 1.07. The van der Waals surface area contributed by atoms with E-state index in [9.17, 15) is 0 Å². The summed E-state index contributed by atoms with van der Waals surface area (Å²) in [6, 6.07) is 55.9. The molecule has 3 heterocycles. The van der Waals surface area contributed by atoms with Gasteiger partial charge in [0, 0.05) is 38.0 Å². The first-order chi connectivity index (χ1) is 29.4. The Morgan fingerprint density at radius 3 is 2.00 bits per heavy atom. The summed E-state index contributed by atoms with van der Waals surface area (Å²) in [5.74, 6) is 1.29. The Bertz CT molecular complexity index is 3670. The first-order valence-electron chi connectivity index (χ1n) is 21.1. The molecule has 1 atom stereocenters. The van der Waals surface area contributed by atoms with E-state index in [2.05, 4.69) is 194 Å². The molecule has 1 unspecified atom stereocenters. The van der Waals surface area contributed by atoms with E-state index in [-0.39, 0.29) is 5.41 Å². The van der Waals surface area contributed by atoms with Crippen LogP contribution in [0.4, 0.5) is 0 Å². The van der Waals surface area contributed by atoms with Crippen LogP contribution in [0, 0.1) is 5.92 Å². The molecular weight excluding hydrogens is 729 g/mol. The molecule has 0 radical (unpaired) electrons. The molecule has 2 aliphatic carbocycles. The number of para-hydroxylation sites is 2. The van der Waals surface area contributed by atoms with Gasteiger partial charge >= 0.3 is 0 Å². The second-order valence-corrected chi connectivity index (χ2v) is 17.5. The van der Waals surface area contributed by atoms with Crippen molar-refractivity contribution in [2.45, 2.75) is 32.6 Å². The number of allylic oxidation sites excluding steroid dienone is 1. The number of benzene rings is 8. The number of aromatic nitrogens is 4. The Labute approximate surface area is 347 Å². The molecule has 4 heteroatoms. The summed E-state index contributed by atoms with van der Waals surface area (Å²) in [4.78, 5) is 10.9. The van der Waals surface area contributed by atoms with E-state index in [1.807, 2.05) is 6.20 Å². The molecule has 0 saturated heterocycles. The summed E-state index contributed by atoms with van der Waals surface area (Å²) < 4.78 is 4.75. The standard InChI is InChI=1S/C56H40N4/c1-33-21-24-38-37-15-7-8-18-41(37)55-54(46(38)27-33)57-32-53(58-55)60-51-26-23-35(29-44(51)45-30-42-39-16-9-11-19-47(39)56(2,3)48(42)31-52(45)60)34-22-25-50-43(28-34)40-17-10-12-20-49(40)59(50)36-13-5-4-6-14-36/h4-26,28-33H,27H2,1-3H3. The highest BCUT2D eigenvalue weighted by molar-refractivity contribution is 6.15. The normalized spacial score (nSPS) is 15.4. The lowest BCUT2D eigenvalue weighted by atomic mass is 9.82. The number of fused-ring (bicyclic) bond motifs is 15. The van der Waals surface area contributed by atoms with Gasteiger partial charge in [-0.25, -0.2) is 4.98 Å². The molecule has 11 aromatic rings. The molecule has 0 aliphatic heterocycles. The zero-order chi connectivity index (χ0) is 39.9. The molecule has 0 saturated carbocycles. The topological polar surface area (TPSA) is 35.6 Å². The summed E-state index contributed by atoms with van der Waals surface area (Å²) in [6.07, 6.45) is 7.59. The average Bonchev–Trinajstić information content (AvgIpc) is 3.88. The maximum atomic E-state index is 5.59. The predicted molar refractivity (Wildman–Crippen MR) is 251 cm³/mol. The lowest BCUT2D eigenvalue weighted by molar-refractivity contribution is 0.661. The third-order valence-electron chi connectivity index (χ3n) is 13.7. The largest absolute Gasteiger partial charge is 0.309 e. The Kier molecular flexibility index (Phi) is 6.80. The Hall–Kier alpha value is -7.30. The van der Waals surface area contributed by atoms with Crippen LogP contribution in [0.25, 0.3) is 105 Å². The van der Waals surface area contributed by atoms with E-state index in [0.717, 1.165) is 39.7 Å². The van der Waals surface area contributed by atoms with E-state index < -0.39 is 0 Å². The summed E-state index contributed by atoms with van der Waals surface area (Å²) in [5.41, 5.74) is 18.0. The van der Waals surface area contributed by atoms with Crippen molar-refractivity contribution in [1.29, 1.82) is 0 Å². The van der Waals surface area contributed by atoms with Crippen molar-refractivity contribution in [2.75, 3.05) is 0 Å². The number of rotatable bonds is 3. The fourth-order valence-corrected chi connectivity index (χ4v) is 10.8. The number of hydrogen-bond acceptors (Lipinski definition) is 2. The Morgan fingerprint density at radius 2 is 1.18 bits per heavy atom. The van der Waals surface area contributed by atoms with Crippen molar-refractivity contribution in [2.24, 2.45) is 5.92 Å². The minimum atomic E-state index is -0.143. The molecule has 0 fully saturated rings. The zero-order valence-corrected chi connectivity index (χ0v) is 33.7. The SMILES string of the molecule is CC1C=Cc2c(c3ncc(-n4c5ccc(-c6ccc7c(c6)c6ccccc6n7-c6ccccc6)cc5c5cc6c(cc54)C(C)(C)c4ccccc4-6)nc3c3ccccc23)C1. The molecule has 0 N–H and O–H groups in total. The summed E-state index contributed by atoms with van der Waals surface area (Å²) in [6.45, 7) is 7.01. The Morgan fingerprint density at radius 1 is 0.533 bits per heavy atom. The van der Waals surface area contributed by atoms with Gasteiger partial charge in [0.15, 0.2) is 5.82 Å². The highest BCUT2D eigenvalue weighted by atomic mass is 15.1. The monoisotopic (exact) mass is 768 g/mol. The van der Waals surface area contributed by atoms with E-state index in [1.54, 1.807) is 0 Å². The van der Waals surface area contributed by atoms with Crippen LogP contribution < -0.4 is 0 Å². The van der Waals surface area contributed by atoms with Gasteiger partial charge in [0.25, 0.3) is 0 Å². The van der Waals surface area contributed by atoms with Crippen LogP contribution in [0.2, 0.25) is 0 Å². The molecule has 8 aromatic carbocycles. The van der Waals surface area contributed by atoms with Crippen molar-refractivity contribution in [3.05, 3.63) is 186 Å². The van der Waals surface area contributed by atoms with Gasteiger partial charge in [-0.2, -0.15) is 0 Å². The fraction of sp³-hybridized carbons (Fsp3) is 0.107. The summed E-state index contributed by atoms with van der Waals surface area (Å²) >= 11 is 0. The van der Waals surface area contributed by atoms with Gasteiger partial charge in [-0.05, 0) is 117 Å². The molecule has 0 bridgehead atoms. The highest BCUT2D eigenvalue weighted by Crippen LogP contribution is 2.51. The van der Waals surface area contributed by atoms with Crippen molar-refractivity contribution in [1.82, 2.24) is 19.1 Å². The van der Waals surface area contributed by atoms with E-state index in [0.29, 0.717) is 5.92 Å². The van der Waals surface area contributed by atoms with Crippen LogP contribution >= 0.6 is 0 Å². The predicted octanol–water partition coefficient (Wildman–Crippen LogP) is 14.2. The van der Waals surface area contributed by atoms with Gasteiger partial charge in [-0.1, -0.05) is 130 Å². The van der Waals surface area contributed by atoms with Crippen LogP contribution in [-0.4, -0.2) is 19.1 Å². The zero-order valence-electron chi connectivity index (χ0n) is 33.7. The molecule has 3 aromatic heterocycles. The van der Waals surface area contributed by atoms with Crippen molar-refractivity contribution in [3.63, 3.8) is 0 Å². The van der Waals surface area contributed by atoms with E-state index in [4.69, 9.17) is 9.97 Å². The highest BCUT2D eigenvalue weighted by Gasteiger charge is 2.36. The van der Waals surface area contributed by atoms with Crippen molar-refractivity contribution >= 4 is 71.5 Å². The van der Waals surface area contributed by atoms with Gasteiger partial charge in [0.05, 0.1) is 39.3 Å². The van der Waals surface area contributed by atoms with Crippen LogP contribution in [0.15, 0.2) is 164 Å². The number of nitrogens with zero attached hydrogens (tertiary/aromatic N) is 4. The maximum absolute atomic E-state index is 5.59. The van der Waals surface area contributed by atoms with E-state index in [1.165, 1.54) is 88.2 Å². The maximum Gasteiger partial charge on any atom is 0.156 e. The summed E-state index contributed by atoms with van der Waals surface area (Å²) in [7, 11) is 0. The minimum Gasteiger partial charge on any atom is -0.309 e. The second kappa shape index (κ2) is 12.1. The molecule has 0 spiro atoms. The number of hydrogen-bond donors (Lipinski definition) is 0. The molecular formula is C56H40N4. The van der Waals surface area contributed by atoms with Crippen LogP contribution in [-0.2, 0) is 11.8 Å². The first kappa shape index (κ1) is 33.6. The molecule has 2 aliphatic rings. The molecule has 0 amide bonds. The van der Waals surface area contributed by atoms with Crippen LogP contribution in [0.3, 0.4) is 0 Å². The molecule has 13 rings (SSSR count). The van der Waals surface area contributed by atoms with Crippen LogP contribution in [0.5, 0.6) is 0 Å². The lowest BCUT2D eigenvalue weighted by Gasteiger charge is -2.22. The minimum absolute atomic E-state index is 0.143. The quantitative estimate of drug-likeness (QED) is 0.168. The molecule has 284 valence electrons. The first-order valence-corrected chi connectivity index (χ1v) is 21.1. The van der Waals surface area contributed by atoms with Crippen molar-refractivity contribution in [3.8, 4) is 33.8 Å². The van der Waals surface area contributed by atoms with Crippen LogP contribution in [0.1, 0.15) is 43.0 Å². The smallest absolute Gasteiger partial charge is 0.156 e. The lowest BCUT2D eigenvalue weighted by Crippen LogP contribution is -2.15. The van der Waals surface area contributed by atoms with Gasteiger partial charge in [0.1, 0.15) is 0 Å². The average molecular weight is 769 g/mol. The van der Waals surface area contributed by atoms with E-state index >= 15 is 0 Å². The third kappa shape index (κ3) is 4.56. The molecule has 60 heavy (non-hydrogen) atoms. The second-order valence-electron chi connectivity index (χ2n) is 17.5. The third-order valence-corrected chi connectivity index (χ3v) is 13.7. The van der Waals surface area contributed by atoms with Crippen molar-refractivity contribution < 1.29 is 0 Å². The van der Waals surface area contributed by atoms with Gasteiger partial charge < -0.3 is 4.57 Å².